The molecule has 0 N–H and O–H groups in total. The molecule has 0 bridgehead atoms. The molecule has 1 aromatic carbocycles. The van der Waals surface area contributed by atoms with Crippen molar-refractivity contribution in [2.24, 2.45) is 0 Å². The quantitative estimate of drug-likeness (QED) is 0.620. The van der Waals surface area contributed by atoms with Gasteiger partial charge in [0.1, 0.15) is 0 Å². The second kappa shape index (κ2) is 5.53. The summed E-state index contributed by atoms with van der Waals surface area (Å²) in [6.45, 7) is 0. The number of fused-ring (bicyclic) bond motifs is 1. The van der Waals surface area contributed by atoms with E-state index < -0.39 is 0 Å². The lowest BCUT2D eigenvalue weighted by Crippen LogP contribution is -2.31. The maximum Gasteiger partial charge on any atom is 0.227 e. The van der Waals surface area contributed by atoms with Crippen LogP contribution < -0.4 is 4.90 Å². The molecule has 1 aromatic rings. The predicted molar refractivity (Wildman–Crippen MR) is 72.5 cm³/mol. The summed E-state index contributed by atoms with van der Waals surface area (Å²) in [6, 6.07) is 5.57. The minimum Gasteiger partial charge on any atom is -0.315 e. The van der Waals surface area contributed by atoms with Crippen LogP contribution in [0.4, 0.5) is 5.69 Å². The minimum absolute atomic E-state index is 0.123. The summed E-state index contributed by atoms with van der Waals surface area (Å²) in [5.41, 5.74) is 2.72. The average Bonchev–Trinajstić information content (AvgIpc) is 2.40. The standard InChI is InChI=1S/C14H16ClNO2/c1-16-12-6-4-11(13(17)3-2-8-15)9-10(12)5-7-14(16)18/h4,6,9H,2-3,5,7-8H2,1H3. The van der Waals surface area contributed by atoms with E-state index in [9.17, 15) is 9.59 Å². The first-order valence-electron chi connectivity index (χ1n) is 6.12. The number of ketones is 1. The monoisotopic (exact) mass is 265 g/mol. The molecule has 96 valence electrons. The number of benzene rings is 1. The van der Waals surface area contributed by atoms with Crippen molar-refractivity contribution in [3.63, 3.8) is 0 Å². The lowest BCUT2D eigenvalue weighted by Gasteiger charge is -2.26. The normalized spacial score (nSPS) is 14.6. The molecule has 1 amide bonds. The molecule has 0 atom stereocenters. The van der Waals surface area contributed by atoms with Gasteiger partial charge in [-0.1, -0.05) is 0 Å². The van der Waals surface area contributed by atoms with Gasteiger partial charge in [-0.25, -0.2) is 0 Å². The number of aryl methyl sites for hydroxylation is 1. The van der Waals surface area contributed by atoms with Gasteiger partial charge in [-0.3, -0.25) is 9.59 Å². The van der Waals surface area contributed by atoms with Gasteiger partial charge in [0, 0.05) is 37.0 Å². The molecule has 4 heteroatoms. The molecule has 0 saturated carbocycles. The average molecular weight is 266 g/mol. The highest BCUT2D eigenvalue weighted by molar-refractivity contribution is 6.18. The molecule has 1 heterocycles. The molecule has 0 saturated heterocycles. The SMILES string of the molecule is CN1C(=O)CCc2cc(C(=O)CCCCl)ccc21. The number of nitrogens with zero attached hydrogens (tertiary/aromatic N) is 1. The largest absolute Gasteiger partial charge is 0.315 e. The van der Waals surface area contributed by atoms with Gasteiger partial charge in [0.25, 0.3) is 0 Å². The summed E-state index contributed by atoms with van der Waals surface area (Å²) in [5.74, 6) is 0.759. The third-order valence-corrected chi connectivity index (χ3v) is 3.55. The number of amides is 1. The van der Waals surface area contributed by atoms with Crippen molar-refractivity contribution in [1.29, 1.82) is 0 Å². The smallest absolute Gasteiger partial charge is 0.227 e. The highest BCUT2D eigenvalue weighted by Crippen LogP contribution is 2.27. The summed E-state index contributed by atoms with van der Waals surface area (Å²) in [7, 11) is 1.77. The summed E-state index contributed by atoms with van der Waals surface area (Å²) < 4.78 is 0. The Bertz CT molecular complexity index is 485. The fourth-order valence-electron chi connectivity index (χ4n) is 2.20. The first-order chi connectivity index (χ1) is 8.63. The van der Waals surface area contributed by atoms with E-state index in [-0.39, 0.29) is 11.7 Å². The van der Waals surface area contributed by atoms with Gasteiger partial charge in [-0.05, 0) is 36.6 Å². The van der Waals surface area contributed by atoms with Gasteiger partial charge in [0.15, 0.2) is 5.78 Å². The van der Waals surface area contributed by atoms with Crippen LogP contribution in [-0.2, 0) is 11.2 Å². The topological polar surface area (TPSA) is 37.4 Å². The Morgan fingerprint density at radius 3 is 2.89 bits per heavy atom. The Hall–Kier alpha value is -1.35. The summed E-state index contributed by atoms with van der Waals surface area (Å²) >= 11 is 5.59. The fraction of sp³-hybridized carbons (Fsp3) is 0.429. The van der Waals surface area contributed by atoms with Crippen LogP contribution in [0.5, 0.6) is 0 Å². The first-order valence-corrected chi connectivity index (χ1v) is 6.65. The zero-order chi connectivity index (χ0) is 13.1. The molecular formula is C14H16ClNO2. The number of anilines is 1. The number of alkyl halides is 1. The number of hydrogen-bond acceptors (Lipinski definition) is 2. The highest BCUT2D eigenvalue weighted by Gasteiger charge is 2.21. The van der Waals surface area contributed by atoms with Crippen LogP contribution in [0.15, 0.2) is 18.2 Å². The second-order valence-corrected chi connectivity index (χ2v) is 4.89. The molecule has 18 heavy (non-hydrogen) atoms. The summed E-state index contributed by atoms with van der Waals surface area (Å²) in [6.07, 6.45) is 2.42. The van der Waals surface area contributed by atoms with E-state index in [4.69, 9.17) is 11.6 Å². The van der Waals surface area contributed by atoms with Gasteiger partial charge in [0.2, 0.25) is 5.91 Å². The van der Waals surface area contributed by atoms with E-state index in [1.54, 1.807) is 18.0 Å². The van der Waals surface area contributed by atoms with Gasteiger partial charge >= 0.3 is 0 Å². The van der Waals surface area contributed by atoms with Crippen molar-refractivity contribution < 1.29 is 9.59 Å². The van der Waals surface area contributed by atoms with Gasteiger partial charge in [-0.15, -0.1) is 11.6 Å². The number of carbonyl (C=O) groups is 2. The third kappa shape index (κ3) is 2.56. The molecule has 1 aliphatic rings. The Morgan fingerprint density at radius 2 is 2.17 bits per heavy atom. The minimum atomic E-state index is 0.123. The Morgan fingerprint density at radius 1 is 1.39 bits per heavy atom. The van der Waals surface area contributed by atoms with Crippen LogP contribution in [0.3, 0.4) is 0 Å². The Kier molecular flexibility index (Phi) is 4.02. The van der Waals surface area contributed by atoms with Gasteiger partial charge in [-0.2, -0.15) is 0 Å². The predicted octanol–water partition coefficient (Wildman–Crippen LogP) is 2.80. The number of Topliss-reactive ketones (excluding diaryl/α,β-unsaturated/α-hetero) is 1. The number of rotatable bonds is 4. The summed E-state index contributed by atoms with van der Waals surface area (Å²) in [5, 5.41) is 0. The third-order valence-electron chi connectivity index (χ3n) is 3.28. The number of carbonyl (C=O) groups excluding carboxylic acids is 2. The van der Waals surface area contributed by atoms with E-state index in [2.05, 4.69) is 0 Å². The van der Waals surface area contributed by atoms with E-state index in [1.807, 2.05) is 12.1 Å². The van der Waals surface area contributed by atoms with Crippen LogP contribution in [-0.4, -0.2) is 24.6 Å². The van der Waals surface area contributed by atoms with Gasteiger partial charge in [0.05, 0.1) is 0 Å². The van der Waals surface area contributed by atoms with Crippen molar-refractivity contribution in [1.82, 2.24) is 0 Å². The van der Waals surface area contributed by atoms with Crippen LogP contribution in [0.25, 0.3) is 0 Å². The van der Waals surface area contributed by atoms with Crippen LogP contribution in [0.1, 0.15) is 35.2 Å². The Labute approximate surface area is 112 Å². The molecular weight excluding hydrogens is 250 g/mol. The van der Waals surface area contributed by atoms with E-state index in [0.29, 0.717) is 25.1 Å². The van der Waals surface area contributed by atoms with Crippen molar-refractivity contribution in [3.8, 4) is 0 Å². The number of hydrogen-bond donors (Lipinski definition) is 0. The zero-order valence-electron chi connectivity index (χ0n) is 10.4. The molecule has 0 unspecified atom stereocenters. The molecule has 1 aliphatic heterocycles. The fourth-order valence-corrected chi connectivity index (χ4v) is 2.34. The van der Waals surface area contributed by atoms with E-state index in [0.717, 1.165) is 23.2 Å². The van der Waals surface area contributed by atoms with Crippen molar-refractivity contribution >= 4 is 29.0 Å². The molecule has 0 fully saturated rings. The number of halogens is 1. The lowest BCUT2D eigenvalue weighted by molar-refractivity contribution is -0.118. The maximum absolute atomic E-state index is 11.9. The molecule has 0 radical (unpaired) electrons. The molecule has 0 aromatic heterocycles. The molecule has 0 spiro atoms. The zero-order valence-corrected chi connectivity index (χ0v) is 11.2. The van der Waals surface area contributed by atoms with Crippen LogP contribution in [0.2, 0.25) is 0 Å². The van der Waals surface area contributed by atoms with Crippen molar-refractivity contribution in [3.05, 3.63) is 29.3 Å². The highest BCUT2D eigenvalue weighted by atomic mass is 35.5. The van der Waals surface area contributed by atoms with Crippen LogP contribution in [0, 0.1) is 0 Å². The molecule has 0 aliphatic carbocycles. The molecule has 2 rings (SSSR count). The van der Waals surface area contributed by atoms with Crippen molar-refractivity contribution in [2.75, 3.05) is 17.8 Å². The van der Waals surface area contributed by atoms with Crippen LogP contribution >= 0.6 is 11.6 Å². The molecule has 3 nitrogen and oxygen atoms in total. The lowest BCUT2D eigenvalue weighted by atomic mass is 9.97. The first kappa shape index (κ1) is 13.1. The van der Waals surface area contributed by atoms with Gasteiger partial charge < -0.3 is 4.90 Å². The Balaban J connectivity index is 2.22. The van der Waals surface area contributed by atoms with E-state index in [1.165, 1.54) is 0 Å². The summed E-state index contributed by atoms with van der Waals surface area (Å²) in [4.78, 5) is 25.1. The van der Waals surface area contributed by atoms with E-state index >= 15 is 0 Å². The maximum atomic E-state index is 11.9. The van der Waals surface area contributed by atoms with Crippen molar-refractivity contribution in [2.45, 2.75) is 25.7 Å². The second-order valence-electron chi connectivity index (χ2n) is 4.51.